The summed E-state index contributed by atoms with van der Waals surface area (Å²) >= 11 is 0. The number of hydrogen-bond donors (Lipinski definition) is 1. The Labute approximate surface area is 128 Å². The van der Waals surface area contributed by atoms with E-state index in [1.54, 1.807) is 25.3 Å². The SMILES string of the molecule is CCNc1ccccc1S(=O)(=O)N(CCOC)C(C)CC. The molecule has 1 rings (SSSR count). The first-order chi connectivity index (χ1) is 9.98. The van der Waals surface area contributed by atoms with Gasteiger partial charge >= 0.3 is 0 Å². The number of methoxy groups -OCH3 is 1. The molecule has 0 bridgehead atoms. The van der Waals surface area contributed by atoms with E-state index in [2.05, 4.69) is 5.32 Å². The topological polar surface area (TPSA) is 58.6 Å². The first-order valence-electron chi connectivity index (χ1n) is 7.32. The van der Waals surface area contributed by atoms with E-state index in [1.165, 1.54) is 4.31 Å². The highest BCUT2D eigenvalue weighted by molar-refractivity contribution is 7.89. The summed E-state index contributed by atoms with van der Waals surface area (Å²) in [6.07, 6.45) is 0.756. The van der Waals surface area contributed by atoms with Crippen molar-refractivity contribution in [2.75, 3.05) is 32.1 Å². The van der Waals surface area contributed by atoms with Gasteiger partial charge in [-0.25, -0.2) is 8.42 Å². The summed E-state index contributed by atoms with van der Waals surface area (Å²) in [5, 5.41) is 3.11. The largest absolute Gasteiger partial charge is 0.384 e. The zero-order valence-electron chi connectivity index (χ0n) is 13.3. The van der Waals surface area contributed by atoms with E-state index >= 15 is 0 Å². The van der Waals surface area contributed by atoms with Crippen molar-refractivity contribution in [2.45, 2.75) is 38.1 Å². The molecule has 0 aliphatic carbocycles. The molecule has 0 aliphatic rings. The number of hydrogen-bond acceptors (Lipinski definition) is 4. The van der Waals surface area contributed by atoms with Crippen LogP contribution in [0.1, 0.15) is 27.2 Å². The van der Waals surface area contributed by atoms with Crippen molar-refractivity contribution in [2.24, 2.45) is 0 Å². The van der Waals surface area contributed by atoms with E-state index in [1.807, 2.05) is 26.8 Å². The van der Waals surface area contributed by atoms with Gasteiger partial charge in [0.1, 0.15) is 4.90 Å². The zero-order chi connectivity index (χ0) is 15.9. The fraction of sp³-hybridized carbons (Fsp3) is 0.600. The Hall–Kier alpha value is -1.11. The fourth-order valence-corrected chi connectivity index (χ4v) is 3.98. The Morgan fingerprint density at radius 2 is 1.95 bits per heavy atom. The second-order valence-electron chi connectivity index (χ2n) is 4.89. The average Bonchev–Trinajstić information content (AvgIpc) is 2.48. The first-order valence-corrected chi connectivity index (χ1v) is 8.76. The quantitative estimate of drug-likeness (QED) is 0.761. The summed E-state index contributed by atoms with van der Waals surface area (Å²) in [5.41, 5.74) is 0.644. The maximum absolute atomic E-state index is 13.0. The van der Waals surface area contributed by atoms with Gasteiger partial charge in [0.15, 0.2) is 0 Å². The smallest absolute Gasteiger partial charge is 0.245 e. The molecule has 1 unspecified atom stereocenters. The molecule has 0 fully saturated rings. The summed E-state index contributed by atoms with van der Waals surface area (Å²) in [6.45, 7) is 7.26. The molecule has 0 saturated carbocycles. The van der Waals surface area contributed by atoms with E-state index < -0.39 is 10.0 Å². The molecule has 1 aromatic carbocycles. The van der Waals surface area contributed by atoms with Gasteiger partial charge in [-0.3, -0.25) is 0 Å². The molecule has 0 heterocycles. The van der Waals surface area contributed by atoms with Crippen molar-refractivity contribution in [3.63, 3.8) is 0 Å². The number of para-hydroxylation sites is 1. The lowest BCUT2D eigenvalue weighted by Crippen LogP contribution is -2.40. The molecule has 0 spiro atoms. The third kappa shape index (κ3) is 4.43. The van der Waals surface area contributed by atoms with Crippen LogP contribution in [-0.4, -0.2) is 45.6 Å². The minimum Gasteiger partial charge on any atom is -0.384 e. The normalized spacial score (nSPS) is 13.4. The fourth-order valence-electron chi connectivity index (χ4n) is 2.12. The van der Waals surface area contributed by atoms with Gasteiger partial charge in [-0.2, -0.15) is 4.31 Å². The van der Waals surface area contributed by atoms with E-state index in [0.29, 0.717) is 30.3 Å². The standard InChI is InChI=1S/C15H26N2O3S/c1-5-13(3)17(11-12-20-4)21(18,19)15-10-8-7-9-14(15)16-6-2/h7-10,13,16H,5-6,11-12H2,1-4H3. The molecule has 1 aromatic rings. The second kappa shape index (κ2) is 8.36. The molecule has 0 amide bonds. The molecule has 0 aromatic heterocycles. The lowest BCUT2D eigenvalue weighted by Gasteiger charge is -2.28. The van der Waals surface area contributed by atoms with Gasteiger partial charge in [0.2, 0.25) is 10.0 Å². The van der Waals surface area contributed by atoms with E-state index in [-0.39, 0.29) is 6.04 Å². The molecule has 1 N–H and O–H groups in total. The Morgan fingerprint density at radius 3 is 2.52 bits per heavy atom. The van der Waals surface area contributed by atoms with E-state index in [0.717, 1.165) is 6.42 Å². The molecule has 0 aliphatic heterocycles. The Balaban J connectivity index is 3.22. The summed E-state index contributed by atoms with van der Waals surface area (Å²) in [4.78, 5) is 0.322. The van der Waals surface area contributed by atoms with Crippen LogP contribution in [0.5, 0.6) is 0 Å². The Bertz CT molecular complexity index is 531. The molecule has 6 heteroatoms. The molecular weight excluding hydrogens is 288 g/mol. The highest BCUT2D eigenvalue weighted by atomic mass is 32.2. The zero-order valence-corrected chi connectivity index (χ0v) is 14.1. The van der Waals surface area contributed by atoms with Crippen LogP contribution in [0.2, 0.25) is 0 Å². The van der Waals surface area contributed by atoms with Crippen LogP contribution in [0.15, 0.2) is 29.2 Å². The first kappa shape index (κ1) is 17.9. The van der Waals surface area contributed by atoms with E-state index in [9.17, 15) is 8.42 Å². The number of ether oxygens (including phenoxy) is 1. The van der Waals surface area contributed by atoms with Crippen molar-refractivity contribution >= 4 is 15.7 Å². The van der Waals surface area contributed by atoms with Crippen molar-refractivity contribution in [1.82, 2.24) is 4.31 Å². The average molecular weight is 314 g/mol. The lowest BCUT2D eigenvalue weighted by molar-refractivity contribution is 0.167. The van der Waals surface area contributed by atoms with Gasteiger partial charge in [-0.05, 0) is 32.4 Å². The van der Waals surface area contributed by atoms with Crippen molar-refractivity contribution in [3.8, 4) is 0 Å². The molecule has 21 heavy (non-hydrogen) atoms. The van der Waals surface area contributed by atoms with Crippen molar-refractivity contribution in [3.05, 3.63) is 24.3 Å². The summed E-state index contributed by atoms with van der Waals surface area (Å²) in [7, 11) is -1.97. The van der Waals surface area contributed by atoms with Gasteiger partial charge in [0, 0.05) is 26.2 Å². The number of benzene rings is 1. The maximum atomic E-state index is 13.0. The number of sulfonamides is 1. The van der Waals surface area contributed by atoms with Gasteiger partial charge in [-0.15, -0.1) is 0 Å². The summed E-state index contributed by atoms with van der Waals surface area (Å²) in [5.74, 6) is 0. The molecule has 5 nitrogen and oxygen atoms in total. The summed E-state index contributed by atoms with van der Waals surface area (Å²) < 4.78 is 32.5. The van der Waals surface area contributed by atoms with Crippen molar-refractivity contribution in [1.29, 1.82) is 0 Å². The monoisotopic (exact) mass is 314 g/mol. The third-order valence-corrected chi connectivity index (χ3v) is 5.51. The van der Waals surface area contributed by atoms with Crippen LogP contribution >= 0.6 is 0 Å². The van der Waals surface area contributed by atoms with E-state index in [4.69, 9.17) is 4.74 Å². The second-order valence-corrected chi connectivity index (χ2v) is 6.75. The predicted octanol–water partition coefficient (Wildman–Crippen LogP) is 2.55. The molecule has 1 atom stereocenters. The van der Waals surface area contributed by atoms with Crippen LogP contribution in [-0.2, 0) is 14.8 Å². The lowest BCUT2D eigenvalue weighted by atomic mass is 10.3. The number of rotatable bonds is 9. The van der Waals surface area contributed by atoms with Crippen LogP contribution < -0.4 is 5.32 Å². The Kier molecular flexibility index (Phi) is 7.14. The van der Waals surface area contributed by atoms with Gasteiger partial charge in [0.05, 0.1) is 12.3 Å². The van der Waals surface area contributed by atoms with Crippen LogP contribution in [0.3, 0.4) is 0 Å². The van der Waals surface area contributed by atoms with Gasteiger partial charge in [0.25, 0.3) is 0 Å². The highest BCUT2D eigenvalue weighted by Gasteiger charge is 2.29. The maximum Gasteiger partial charge on any atom is 0.245 e. The molecular formula is C15H26N2O3S. The van der Waals surface area contributed by atoms with Gasteiger partial charge in [-0.1, -0.05) is 19.1 Å². The Morgan fingerprint density at radius 1 is 1.29 bits per heavy atom. The highest BCUT2D eigenvalue weighted by Crippen LogP contribution is 2.26. The molecule has 0 radical (unpaired) electrons. The number of nitrogens with zero attached hydrogens (tertiary/aromatic N) is 1. The van der Waals surface area contributed by atoms with Crippen molar-refractivity contribution < 1.29 is 13.2 Å². The van der Waals surface area contributed by atoms with Gasteiger partial charge < -0.3 is 10.1 Å². The number of nitrogens with one attached hydrogen (secondary N) is 1. The van der Waals surface area contributed by atoms with Crippen LogP contribution in [0.25, 0.3) is 0 Å². The minimum atomic E-state index is -3.55. The molecule has 0 saturated heterocycles. The van der Waals surface area contributed by atoms with Crippen LogP contribution in [0, 0.1) is 0 Å². The third-order valence-electron chi connectivity index (χ3n) is 3.44. The number of anilines is 1. The van der Waals surface area contributed by atoms with Crippen LogP contribution in [0.4, 0.5) is 5.69 Å². The molecule has 120 valence electrons. The summed E-state index contributed by atoms with van der Waals surface area (Å²) in [6, 6.07) is 6.95. The minimum absolute atomic E-state index is 0.0696. The predicted molar refractivity (Wildman–Crippen MR) is 86.1 cm³/mol.